The van der Waals surface area contributed by atoms with Gasteiger partial charge in [-0.05, 0) is 17.5 Å². The van der Waals surface area contributed by atoms with E-state index in [-0.39, 0.29) is 0 Å². The maximum Gasteiger partial charge on any atom is 0.194 e. The van der Waals surface area contributed by atoms with Gasteiger partial charge in [0.05, 0.1) is 6.54 Å². The van der Waals surface area contributed by atoms with Gasteiger partial charge in [-0.1, -0.05) is 36.3 Å². The molecule has 0 aliphatic rings. The molecule has 0 radical (unpaired) electrons. The van der Waals surface area contributed by atoms with Crippen molar-refractivity contribution in [1.29, 1.82) is 0 Å². The zero-order valence-corrected chi connectivity index (χ0v) is 12.8. The van der Waals surface area contributed by atoms with Crippen molar-refractivity contribution in [2.75, 3.05) is 14.1 Å². The fourth-order valence-corrected chi connectivity index (χ4v) is 2.11. The Bertz CT molecular complexity index is 560. The number of aliphatic imine (C=N–C) groups is 1. The maximum absolute atomic E-state index is 4.81. The summed E-state index contributed by atoms with van der Waals surface area (Å²) >= 11 is 0. The van der Waals surface area contributed by atoms with Gasteiger partial charge in [-0.3, -0.25) is 4.99 Å². The Hall–Kier alpha value is -2.30. The van der Waals surface area contributed by atoms with Crippen LogP contribution in [-0.4, -0.2) is 30.1 Å². The highest BCUT2D eigenvalue weighted by Crippen LogP contribution is 2.07. The third-order valence-electron chi connectivity index (χ3n) is 3.34. The van der Waals surface area contributed by atoms with E-state index in [1.807, 2.05) is 13.1 Å². The van der Waals surface area contributed by atoms with E-state index in [1.165, 1.54) is 11.1 Å². The molecule has 0 aliphatic heterocycles. The zero-order chi connectivity index (χ0) is 15.1. The van der Waals surface area contributed by atoms with Gasteiger partial charge in [0.25, 0.3) is 0 Å². The van der Waals surface area contributed by atoms with Gasteiger partial charge in [0.2, 0.25) is 0 Å². The van der Waals surface area contributed by atoms with Gasteiger partial charge in [0.15, 0.2) is 5.96 Å². The van der Waals surface area contributed by atoms with Crippen LogP contribution in [0.2, 0.25) is 0 Å². The zero-order valence-electron chi connectivity index (χ0n) is 12.8. The Balaban J connectivity index is 1.91. The van der Waals surface area contributed by atoms with E-state index in [0.29, 0.717) is 6.54 Å². The molecule has 1 N–H and O–H groups in total. The third kappa shape index (κ3) is 4.34. The number of hydrogen-bond donors (Lipinski definition) is 1. The molecular weight excluding hydrogens is 264 g/mol. The van der Waals surface area contributed by atoms with Gasteiger partial charge in [-0.25, -0.2) is 0 Å². The Labute approximate surface area is 125 Å². The number of rotatable bonds is 5. The van der Waals surface area contributed by atoms with Crippen LogP contribution < -0.4 is 5.32 Å². The number of nitrogens with one attached hydrogen (secondary N) is 1. The van der Waals surface area contributed by atoms with E-state index >= 15 is 0 Å². The molecular formula is C16H22N4O. The summed E-state index contributed by atoms with van der Waals surface area (Å²) in [5, 5.41) is 7.14. The number of benzene rings is 1. The number of guanidine groups is 1. The van der Waals surface area contributed by atoms with E-state index in [1.54, 1.807) is 13.3 Å². The Morgan fingerprint density at radius 3 is 2.52 bits per heavy atom. The second-order valence-corrected chi connectivity index (χ2v) is 4.92. The van der Waals surface area contributed by atoms with E-state index < -0.39 is 0 Å². The lowest BCUT2D eigenvalue weighted by molar-refractivity contribution is 0.409. The topological polar surface area (TPSA) is 53.7 Å². The molecule has 2 rings (SSSR count). The molecule has 2 aromatic rings. The van der Waals surface area contributed by atoms with Gasteiger partial charge in [0, 0.05) is 26.7 Å². The summed E-state index contributed by atoms with van der Waals surface area (Å²) in [4.78, 5) is 6.37. The molecule has 1 heterocycles. The van der Waals surface area contributed by atoms with E-state index in [9.17, 15) is 0 Å². The lowest BCUT2D eigenvalue weighted by atomic mass is 10.1. The van der Waals surface area contributed by atoms with Crippen molar-refractivity contribution in [2.24, 2.45) is 4.99 Å². The minimum atomic E-state index is 0.599. The third-order valence-corrected chi connectivity index (χ3v) is 3.34. The normalized spacial score (nSPS) is 11.5. The lowest BCUT2D eigenvalue weighted by Crippen LogP contribution is -2.38. The fourth-order valence-electron chi connectivity index (χ4n) is 2.11. The largest absolute Gasteiger partial charge is 0.364 e. The second-order valence-electron chi connectivity index (χ2n) is 4.92. The molecule has 21 heavy (non-hydrogen) atoms. The van der Waals surface area contributed by atoms with Gasteiger partial charge < -0.3 is 14.7 Å². The highest BCUT2D eigenvalue weighted by Gasteiger charge is 2.07. The Morgan fingerprint density at radius 2 is 1.95 bits per heavy atom. The number of nitrogens with zero attached hydrogens (tertiary/aromatic N) is 3. The summed E-state index contributed by atoms with van der Waals surface area (Å²) in [6, 6.07) is 10.5. The molecule has 0 aliphatic carbocycles. The van der Waals surface area contributed by atoms with Crippen LogP contribution >= 0.6 is 0 Å². The van der Waals surface area contributed by atoms with Gasteiger partial charge in [-0.15, -0.1) is 0 Å². The van der Waals surface area contributed by atoms with Crippen LogP contribution in [0, 0.1) is 0 Å². The molecule has 0 bridgehead atoms. The number of aromatic nitrogens is 1. The number of hydrogen-bond acceptors (Lipinski definition) is 3. The molecule has 0 fully saturated rings. The molecule has 0 amide bonds. The first-order chi connectivity index (χ1) is 10.2. The van der Waals surface area contributed by atoms with Crippen LogP contribution in [0.15, 0.2) is 46.1 Å². The van der Waals surface area contributed by atoms with Crippen molar-refractivity contribution < 1.29 is 4.52 Å². The molecule has 112 valence electrons. The van der Waals surface area contributed by atoms with E-state index in [4.69, 9.17) is 4.52 Å². The highest BCUT2D eigenvalue weighted by molar-refractivity contribution is 5.79. The van der Waals surface area contributed by atoms with Crippen LogP contribution in [0.5, 0.6) is 0 Å². The maximum atomic E-state index is 4.81. The average Bonchev–Trinajstić information content (AvgIpc) is 3.02. The average molecular weight is 286 g/mol. The molecule has 0 unspecified atom stereocenters. The molecule has 0 spiro atoms. The van der Waals surface area contributed by atoms with Gasteiger partial charge in [-0.2, -0.15) is 0 Å². The smallest absolute Gasteiger partial charge is 0.194 e. The summed E-state index contributed by atoms with van der Waals surface area (Å²) in [5.41, 5.74) is 3.48. The monoisotopic (exact) mass is 286 g/mol. The number of aryl methyl sites for hydroxylation is 1. The summed E-state index contributed by atoms with van der Waals surface area (Å²) in [6.07, 6.45) is 2.63. The lowest BCUT2D eigenvalue weighted by Gasteiger charge is -2.22. The van der Waals surface area contributed by atoms with E-state index in [2.05, 4.69) is 51.6 Å². The first kappa shape index (κ1) is 15.1. The van der Waals surface area contributed by atoms with Crippen molar-refractivity contribution in [2.45, 2.75) is 26.4 Å². The minimum absolute atomic E-state index is 0.599. The van der Waals surface area contributed by atoms with Crippen LogP contribution in [0.1, 0.15) is 23.7 Å². The molecule has 5 heteroatoms. The van der Waals surface area contributed by atoms with Gasteiger partial charge >= 0.3 is 0 Å². The quantitative estimate of drug-likeness (QED) is 0.677. The second kappa shape index (κ2) is 7.47. The SMILES string of the molecule is CCc1ccc(CN(C)C(=NC)NCc2ccon2)cc1. The first-order valence-corrected chi connectivity index (χ1v) is 7.11. The van der Waals surface area contributed by atoms with Crippen LogP contribution in [0.3, 0.4) is 0 Å². The minimum Gasteiger partial charge on any atom is -0.364 e. The van der Waals surface area contributed by atoms with Gasteiger partial charge in [0.1, 0.15) is 12.0 Å². The molecule has 0 saturated heterocycles. The summed E-state index contributed by atoms with van der Waals surface area (Å²) < 4.78 is 4.81. The van der Waals surface area contributed by atoms with Crippen LogP contribution in [0.25, 0.3) is 0 Å². The molecule has 0 atom stereocenters. The van der Waals surface area contributed by atoms with Crippen molar-refractivity contribution in [1.82, 2.24) is 15.4 Å². The summed E-state index contributed by atoms with van der Waals surface area (Å²) in [5.74, 6) is 0.831. The fraction of sp³-hybridized carbons (Fsp3) is 0.375. The highest BCUT2D eigenvalue weighted by atomic mass is 16.5. The summed E-state index contributed by atoms with van der Waals surface area (Å²) in [7, 11) is 3.80. The summed E-state index contributed by atoms with van der Waals surface area (Å²) in [6.45, 7) is 3.57. The van der Waals surface area contributed by atoms with Crippen LogP contribution in [-0.2, 0) is 19.5 Å². The molecule has 5 nitrogen and oxygen atoms in total. The standard InChI is InChI=1S/C16H22N4O/c1-4-13-5-7-14(8-6-13)12-20(3)16(17-2)18-11-15-9-10-21-19-15/h5-10H,4,11-12H2,1-3H3,(H,17,18). The molecule has 0 saturated carbocycles. The van der Waals surface area contributed by atoms with Crippen molar-refractivity contribution in [3.05, 3.63) is 53.4 Å². The van der Waals surface area contributed by atoms with Crippen molar-refractivity contribution >= 4 is 5.96 Å². The van der Waals surface area contributed by atoms with Crippen molar-refractivity contribution in [3.63, 3.8) is 0 Å². The van der Waals surface area contributed by atoms with Crippen molar-refractivity contribution in [3.8, 4) is 0 Å². The molecule has 1 aromatic carbocycles. The van der Waals surface area contributed by atoms with E-state index in [0.717, 1.165) is 24.6 Å². The first-order valence-electron chi connectivity index (χ1n) is 7.11. The molecule has 1 aromatic heterocycles. The Kier molecular flexibility index (Phi) is 5.37. The predicted octanol–water partition coefficient (Wildman–Crippen LogP) is 2.44. The van der Waals surface area contributed by atoms with Crippen LogP contribution in [0.4, 0.5) is 0 Å². The predicted molar refractivity (Wildman–Crippen MR) is 84.0 cm³/mol. The Morgan fingerprint density at radius 1 is 1.24 bits per heavy atom.